The van der Waals surface area contributed by atoms with Gasteiger partial charge in [-0.25, -0.2) is 19.6 Å². The average molecular weight is 576 g/mol. The van der Waals surface area contributed by atoms with Crippen LogP contribution in [0.15, 0.2) is 11.6 Å². The number of nitrogens with one attached hydrogen (secondary N) is 1. The first kappa shape index (κ1) is 32.8. The predicted octanol–water partition coefficient (Wildman–Crippen LogP) is 3.56. The molecular formula is C21H27F6N5O5S. The third-order valence-electron chi connectivity index (χ3n) is 4.69. The second-order valence-corrected chi connectivity index (χ2v) is 9.26. The van der Waals surface area contributed by atoms with Gasteiger partial charge in [-0.05, 0) is 27.7 Å². The fourth-order valence-corrected chi connectivity index (χ4v) is 3.88. The molecule has 38 heavy (non-hydrogen) atoms. The van der Waals surface area contributed by atoms with Gasteiger partial charge >= 0.3 is 24.3 Å². The van der Waals surface area contributed by atoms with E-state index in [4.69, 9.17) is 24.8 Å². The Labute approximate surface area is 217 Å². The molecule has 214 valence electrons. The number of thiazole rings is 1. The number of carboxylic acids is 2. The Morgan fingerprint density at radius 2 is 1.61 bits per heavy atom. The zero-order chi connectivity index (χ0) is 29.4. The van der Waals surface area contributed by atoms with Crippen molar-refractivity contribution in [2.75, 3.05) is 6.54 Å². The molecule has 3 rings (SSSR count). The zero-order valence-electron chi connectivity index (χ0n) is 20.7. The summed E-state index contributed by atoms with van der Waals surface area (Å²) in [5, 5.41) is 20.4. The molecule has 0 radical (unpaired) electrons. The summed E-state index contributed by atoms with van der Waals surface area (Å²) in [4.78, 5) is 41.4. The SMILES string of the molecule is Cc1csc(CN2CCn3cc(CC(=O)NC(C)C)nc3C2C)n1.O=C(O)C(F)(F)F.O=C(O)C(F)(F)F. The molecule has 0 saturated heterocycles. The lowest BCUT2D eigenvalue weighted by Crippen LogP contribution is -2.36. The molecule has 1 amide bonds. The van der Waals surface area contributed by atoms with Crippen LogP contribution in [0.5, 0.6) is 0 Å². The maximum Gasteiger partial charge on any atom is 0.490 e. The topological polar surface area (TPSA) is 138 Å². The molecule has 3 N–H and O–H groups in total. The van der Waals surface area contributed by atoms with Crippen LogP contribution in [0, 0.1) is 6.92 Å². The van der Waals surface area contributed by atoms with E-state index >= 15 is 0 Å². The van der Waals surface area contributed by atoms with Crippen LogP contribution < -0.4 is 5.32 Å². The Morgan fingerprint density at radius 3 is 2.03 bits per heavy atom. The van der Waals surface area contributed by atoms with E-state index in [0.29, 0.717) is 6.42 Å². The summed E-state index contributed by atoms with van der Waals surface area (Å²) in [7, 11) is 0. The Kier molecular flexibility index (Phi) is 11.7. The minimum absolute atomic E-state index is 0.0308. The Bertz CT molecular complexity index is 1080. The van der Waals surface area contributed by atoms with Crippen molar-refractivity contribution in [3.8, 4) is 0 Å². The van der Waals surface area contributed by atoms with Crippen molar-refractivity contribution >= 4 is 29.2 Å². The third kappa shape index (κ3) is 11.0. The summed E-state index contributed by atoms with van der Waals surface area (Å²) in [6.07, 6.45) is -7.80. The number of nitrogens with zero attached hydrogens (tertiary/aromatic N) is 4. The first-order valence-corrected chi connectivity index (χ1v) is 11.8. The lowest BCUT2D eigenvalue weighted by molar-refractivity contribution is -0.193. The Morgan fingerprint density at radius 1 is 1.08 bits per heavy atom. The van der Waals surface area contributed by atoms with Crippen LogP contribution in [0.1, 0.15) is 49.0 Å². The lowest BCUT2D eigenvalue weighted by atomic mass is 10.2. The number of alkyl halides is 6. The van der Waals surface area contributed by atoms with E-state index in [-0.39, 0.29) is 18.0 Å². The van der Waals surface area contributed by atoms with Gasteiger partial charge < -0.3 is 20.1 Å². The number of halogens is 6. The van der Waals surface area contributed by atoms with Gasteiger partial charge in [-0.3, -0.25) is 9.69 Å². The highest BCUT2D eigenvalue weighted by molar-refractivity contribution is 7.09. The molecule has 0 aromatic carbocycles. The monoisotopic (exact) mass is 575 g/mol. The van der Waals surface area contributed by atoms with Gasteiger partial charge in [0.25, 0.3) is 0 Å². The molecule has 0 saturated carbocycles. The van der Waals surface area contributed by atoms with E-state index in [2.05, 4.69) is 32.1 Å². The molecule has 1 atom stereocenters. The number of aryl methyl sites for hydroxylation is 1. The molecule has 0 spiro atoms. The largest absolute Gasteiger partial charge is 0.490 e. The van der Waals surface area contributed by atoms with Gasteiger partial charge in [0, 0.05) is 36.4 Å². The fraction of sp³-hybridized carbons (Fsp3) is 0.571. The molecule has 2 aromatic heterocycles. The fourth-order valence-electron chi connectivity index (χ4n) is 3.08. The van der Waals surface area contributed by atoms with Crippen molar-refractivity contribution in [3.63, 3.8) is 0 Å². The van der Waals surface area contributed by atoms with Crippen LogP contribution in [-0.2, 0) is 33.9 Å². The molecule has 1 aliphatic rings. The van der Waals surface area contributed by atoms with E-state index in [0.717, 1.165) is 41.9 Å². The third-order valence-corrected chi connectivity index (χ3v) is 5.64. The van der Waals surface area contributed by atoms with Crippen molar-refractivity contribution < 1.29 is 50.9 Å². The summed E-state index contributed by atoms with van der Waals surface area (Å²) in [5.41, 5.74) is 1.93. The summed E-state index contributed by atoms with van der Waals surface area (Å²) >= 11 is 1.71. The van der Waals surface area contributed by atoms with Gasteiger partial charge in [-0.15, -0.1) is 11.3 Å². The number of fused-ring (bicyclic) bond motifs is 1. The number of hydrogen-bond donors (Lipinski definition) is 3. The minimum atomic E-state index is -5.08. The van der Waals surface area contributed by atoms with Crippen LogP contribution in [0.25, 0.3) is 0 Å². The maximum absolute atomic E-state index is 11.9. The Balaban J connectivity index is 0.000000426. The summed E-state index contributed by atoms with van der Waals surface area (Å²) < 4.78 is 65.7. The van der Waals surface area contributed by atoms with Crippen LogP contribution in [0.3, 0.4) is 0 Å². The molecule has 2 aromatic rings. The molecule has 1 unspecified atom stereocenters. The number of carbonyl (C=O) groups is 3. The molecule has 10 nitrogen and oxygen atoms in total. The van der Waals surface area contributed by atoms with Gasteiger partial charge in [0.2, 0.25) is 5.91 Å². The molecule has 1 aliphatic heterocycles. The number of hydrogen-bond acceptors (Lipinski definition) is 7. The minimum Gasteiger partial charge on any atom is -0.475 e. The highest BCUT2D eigenvalue weighted by Crippen LogP contribution is 2.27. The van der Waals surface area contributed by atoms with Gasteiger partial charge in [-0.1, -0.05) is 0 Å². The molecule has 17 heteroatoms. The number of rotatable bonds is 5. The molecule has 0 aliphatic carbocycles. The smallest absolute Gasteiger partial charge is 0.475 e. The van der Waals surface area contributed by atoms with Crippen LogP contribution in [0.4, 0.5) is 26.3 Å². The zero-order valence-corrected chi connectivity index (χ0v) is 21.5. The summed E-state index contributed by atoms with van der Waals surface area (Å²) in [6.45, 7) is 10.9. The van der Waals surface area contributed by atoms with Crippen LogP contribution in [0.2, 0.25) is 0 Å². The van der Waals surface area contributed by atoms with E-state index in [1.807, 2.05) is 27.0 Å². The molecular weight excluding hydrogens is 548 g/mol. The van der Waals surface area contributed by atoms with Gasteiger partial charge in [0.15, 0.2) is 0 Å². The number of aromatic nitrogens is 3. The number of imidazole rings is 1. The predicted molar refractivity (Wildman–Crippen MR) is 122 cm³/mol. The van der Waals surface area contributed by atoms with Gasteiger partial charge in [0.05, 0.1) is 24.7 Å². The number of carboxylic acid groups (broad SMARTS) is 2. The van der Waals surface area contributed by atoms with Crippen molar-refractivity contribution in [2.24, 2.45) is 0 Å². The highest BCUT2D eigenvalue weighted by atomic mass is 32.1. The van der Waals surface area contributed by atoms with Crippen molar-refractivity contribution in [2.45, 2.75) is 71.6 Å². The van der Waals surface area contributed by atoms with Crippen molar-refractivity contribution in [1.29, 1.82) is 0 Å². The summed E-state index contributed by atoms with van der Waals surface area (Å²) in [5.74, 6) is -4.44. The first-order chi connectivity index (χ1) is 17.3. The van der Waals surface area contributed by atoms with Gasteiger partial charge in [-0.2, -0.15) is 26.3 Å². The quantitative estimate of drug-likeness (QED) is 0.461. The average Bonchev–Trinajstić information content (AvgIpc) is 3.35. The molecule has 3 heterocycles. The lowest BCUT2D eigenvalue weighted by Gasteiger charge is -2.33. The van der Waals surface area contributed by atoms with E-state index in [1.165, 1.54) is 0 Å². The number of amides is 1. The number of carbonyl (C=O) groups excluding carboxylic acids is 1. The van der Waals surface area contributed by atoms with Crippen molar-refractivity contribution in [3.05, 3.63) is 33.8 Å². The van der Waals surface area contributed by atoms with Crippen LogP contribution >= 0.6 is 11.3 Å². The van der Waals surface area contributed by atoms with Crippen molar-refractivity contribution in [1.82, 2.24) is 24.8 Å². The van der Waals surface area contributed by atoms with E-state index in [1.54, 1.807) is 11.3 Å². The Hall–Kier alpha value is -3.21. The van der Waals surface area contributed by atoms with Crippen LogP contribution in [-0.4, -0.2) is 72.4 Å². The van der Waals surface area contributed by atoms with E-state index < -0.39 is 24.3 Å². The number of aliphatic carboxylic acids is 2. The highest BCUT2D eigenvalue weighted by Gasteiger charge is 2.38. The maximum atomic E-state index is 11.9. The first-order valence-electron chi connectivity index (χ1n) is 10.9. The summed E-state index contributed by atoms with van der Waals surface area (Å²) in [6, 6.07) is 0.385. The normalized spacial score (nSPS) is 15.5. The molecule has 0 bridgehead atoms. The second-order valence-electron chi connectivity index (χ2n) is 8.32. The van der Waals surface area contributed by atoms with Gasteiger partial charge in [0.1, 0.15) is 10.8 Å². The second kappa shape index (κ2) is 13.5. The van der Waals surface area contributed by atoms with E-state index in [9.17, 15) is 31.1 Å². The standard InChI is InChI=1S/C17H25N5OS.2C2HF3O2/c1-11(2)18-15(23)7-14-8-22-6-5-21(13(4)17(22)20-14)9-16-19-12(3)10-24-16;2*3-2(4,5)1(6)7/h8,10-11,13H,5-7,9H2,1-4H3,(H,18,23);2*(H,6,7). The molecule has 0 fully saturated rings.